The third kappa shape index (κ3) is 3.61. The second-order valence-electron chi connectivity index (χ2n) is 8.02. The van der Waals surface area contributed by atoms with Gasteiger partial charge >= 0.3 is 0 Å². The SMILES string of the molecule is O=S(=O)(Cc1ccccc1)c1ccc2c(c1)[C@H]1C=CC[C@H]1[C@@H](c1ccc(Br)cc1)N2. The van der Waals surface area contributed by atoms with E-state index in [4.69, 9.17) is 0 Å². The Hall–Kier alpha value is -2.37. The summed E-state index contributed by atoms with van der Waals surface area (Å²) in [6.45, 7) is 0. The van der Waals surface area contributed by atoms with Crippen molar-refractivity contribution in [3.05, 3.63) is 106 Å². The molecule has 2 aliphatic rings. The van der Waals surface area contributed by atoms with Crippen LogP contribution in [0.15, 0.2) is 94.3 Å². The quantitative estimate of drug-likeness (QED) is 0.449. The summed E-state index contributed by atoms with van der Waals surface area (Å²) in [6.07, 6.45) is 5.45. The van der Waals surface area contributed by atoms with Gasteiger partial charge in [-0.2, -0.15) is 0 Å². The van der Waals surface area contributed by atoms with E-state index in [1.54, 1.807) is 6.07 Å². The van der Waals surface area contributed by atoms with Crippen molar-refractivity contribution >= 4 is 31.5 Å². The molecule has 0 bridgehead atoms. The first-order chi connectivity index (χ1) is 14.5. The molecule has 5 rings (SSSR count). The van der Waals surface area contributed by atoms with Crippen LogP contribution in [0.25, 0.3) is 0 Å². The second-order valence-corrected chi connectivity index (χ2v) is 10.9. The monoisotopic (exact) mass is 479 g/mol. The molecule has 1 heterocycles. The van der Waals surface area contributed by atoms with Gasteiger partial charge < -0.3 is 5.32 Å². The summed E-state index contributed by atoms with van der Waals surface area (Å²) < 4.78 is 27.2. The standard InChI is InChI=1S/C25H22BrNO2S/c26-19-11-9-18(10-12-19)25-22-8-4-7-21(22)23-15-20(13-14-24(23)27-25)30(28,29)16-17-5-2-1-3-6-17/h1-7,9-15,21-22,25,27H,8,16H2/t21-,22+,25+/m0/s1. The van der Waals surface area contributed by atoms with E-state index in [2.05, 4.69) is 57.7 Å². The minimum Gasteiger partial charge on any atom is -0.378 e. The number of anilines is 1. The zero-order valence-corrected chi connectivity index (χ0v) is 18.7. The van der Waals surface area contributed by atoms with Gasteiger partial charge in [-0.15, -0.1) is 0 Å². The molecule has 0 aromatic heterocycles. The van der Waals surface area contributed by atoms with Gasteiger partial charge in [0.2, 0.25) is 0 Å². The maximum Gasteiger partial charge on any atom is 0.182 e. The van der Waals surface area contributed by atoms with Crippen molar-refractivity contribution in [2.75, 3.05) is 5.32 Å². The van der Waals surface area contributed by atoms with Gasteiger partial charge in [-0.3, -0.25) is 0 Å². The molecular formula is C25H22BrNO2S. The molecular weight excluding hydrogens is 458 g/mol. The van der Waals surface area contributed by atoms with Gasteiger partial charge in [0.15, 0.2) is 9.84 Å². The lowest BCUT2D eigenvalue weighted by atomic mass is 9.77. The lowest BCUT2D eigenvalue weighted by Gasteiger charge is -2.37. The predicted octanol–water partition coefficient (Wildman–Crippen LogP) is 6.25. The van der Waals surface area contributed by atoms with E-state index in [-0.39, 0.29) is 17.7 Å². The maximum atomic E-state index is 13.1. The fourth-order valence-electron chi connectivity index (χ4n) is 4.64. The van der Waals surface area contributed by atoms with E-state index in [0.29, 0.717) is 10.8 Å². The number of benzene rings is 3. The van der Waals surface area contributed by atoms with Crippen LogP contribution in [0.1, 0.15) is 35.1 Å². The van der Waals surface area contributed by atoms with Crippen molar-refractivity contribution < 1.29 is 8.42 Å². The maximum absolute atomic E-state index is 13.1. The summed E-state index contributed by atoms with van der Waals surface area (Å²) in [6, 6.07) is 23.6. The van der Waals surface area contributed by atoms with Crippen molar-refractivity contribution in [1.29, 1.82) is 0 Å². The highest BCUT2D eigenvalue weighted by Gasteiger charge is 2.38. The van der Waals surface area contributed by atoms with Crippen LogP contribution in [0.4, 0.5) is 5.69 Å². The van der Waals surface area contributed by atoms with Crippen molar-refractivity contribution in [2.24, 2.45) is 5.92 Å². The lowest BCUT2D eigenvalue weighted by Crippen LogP contribution is -2.29. The first kappa shape index (κ1) is 19.6. The number of allylic oxidation sites excluding steroid dienone is 2. The van der Waals surface area contributed by atoms with E-state index >= 15 is 0 Å². The number of nitrogens with one attached hydrogen (secondary N) is 1. The molecule has 0 unspecified atom stereocenters. The first-order valence-electron chi connectivity index (χ1n) is 10.1. The van der Waals surface area contributed by atoms with E-state index in [9.17, 15) is 8.42 Å². The highest BCUT2D eigenvalue weighted by molar-refractivity contribution is 9.10. The summed E-state index contributed by atoms with van der Waals surface area (Å²) >= 11 is 3.51. The van der Waals surface area contributed by atoms with E-state index in [1.807, 2.05) is 42.5 Å². The lowest BCUT2D eigenvalue weighted by molar-refractivity contribution is 0.425. The molecule has 0 saturated carbocycles. The van der Waals surface area contributed by atoms with Gasteiger partial charge in [-0.1, -0.05) is 70.5 Å². The van der Waals surface area contributed by atoms with E-state index < -0.39 is 9.84 Å². The topological polar surface area (TPSA) is 46.2 Å². The highest BCUT2D eigenvalue weighted by Crippen LogP contribution is 2.50. The van der Waals surface area contributed by atoms with Crippen molar-refractivity contribution in [3.63, 3.8) is 0 Å². The third-order valence-electron chi connectivity index (χ3n) is 6.12. The molecule has 5 heteroatoms. The van der Waals surface area contributed by atoms with Gasteiger partial charge in [0.25, 0.3) is 0 Å². The molecule has 1 aliphatic carbocycles. The smallest absolute Gasteiger partial charge is 0.182 e. The Morgan fingerprint density at radius 2 is 1.73 bits per heavy atom. The van der Waals surface area contributed by atoms with Crippen molar-refractivity contribution in [3.8, 4) is 0 Å². The molecule has 3 nitrogen and oxygen atoms in total. The van der Waals surface area contributed by atoms with Crippen LogP contribution < -0.4 is 5.32 Å². The fourth-order valence-corrected chi connectivity index (χ4v) is 6.29. The zero-order valence-electron chi connectivity index (χ0n) is 16.3. The molecule has 0 fully saturated rings. The van der Waals surface area contributed by atoms with E-state index in [1.165, 1.54) is 5.56 Å². The van der Waals surface area contributed by atoms with Gasteiger partial charge in [0.05, 0.1) is 16.7 Å². The molecule has 0 radical (unpaired) electrons. The fraction of sp³-hybridized carbons (Fsp3) is 0.200. The third-order valence-corrected chi connectivity index (χ3v) is 8.34. The number of fused-ring (bicyclic) bond motifs is 3. The number of hydrogen-bond donors (Lipinski definition) is 1. The number of sulfone groups is 1. The number of halogens is 1. The summed E-state index contributed by atoms with van der Waals surface area (Å²) in [4.78, 5) is 0.396. The van der Waals surface area contributed by atoms with Gasteiger partial charge in [0.1, 0.15) is 0 Å². The summed E-state index contributed by atoms with van der Waals surface area (Å²) in [5.74, 6) is 0.624. The van der Waals surface area contributed by atoms with Crippen molar-refractivity contribution in [1.82, 2.24) is 0 Å². The van der Waals surface area contributed by atoms with Crippen LogP contribution in [0, 0.1) is 5.92 Å². The minimum atomic E-state index is -3.40. The molecule has 0 saturated heterocycles. The van der Waals surface area contributed by atoms with Crippen LogP contribution in [-0.2, 0) is 15.6 Å². The van der Waals surface area contributed by atoms with Crippen molar-refractivity contribution in [2.45, 2.75) is 29.0 Å². The number of hydrogen-bond acceptors (Lipinski definition) is 3. The first-order valence-corrected chi connectivity index (χ1v) is 12.5. The molecule has 3 aromatic carbocycles. The van der Waals surface area contributed by atoms with Gasteiger partial charge in [0, 0.05) is 16.1 Å². The second kappa shape index (κ2) is 7.71. The Morgan fingerprint density at radius 3 is 2.50 bits per heavy atom. The number of rotatable bonds is 4. The molecule has 0 spiro atoms. The highest BCUT2D eigenvalue weighted by atomic mass is 79.9. The molecule has 3 atom stereocenters. The molecule has 3 aromatic rings. The van der Waals surface area contributed by atoms with Crippen LogP contribution in [0.3, 0.4) is 0 Å². The van der Waals surface area contributed by atoms with Crippen LogP contribution >= 0.6 is 15.9 Å². The largest absolute Gasteiger partial charge is 0.378 e. The predicted molar refractivity (Wildman–Crippen MR) is 124 cm³/mol. The minimum absolute atomic E-state index is 0.0194. The molecule has 152 valence electrons. The summed E-state index contributed by atoms with van der Waals surface area (Å²) in [5, 5.41) is 3.68. The summed E-state index contributed by atoms with van der Waals surface area (Å²) in [7, 11) is -3.40. The molecule has 1 N–H and O–H groups in total. The Morgan fingerprint density at radius 1 is 0.967 bits per heavy atom. The zero-order chi connectivity index (χ0) is 20.7. The summed E-state index contributed by atoms with van der Waals surface area (Å²) in [5.41, 5.74) is 4.16. The van der Waals surface area contributed by atoms with Crippen LogP contribution in [0.2, 0.25) is 0 Å². The van der Waals surface area contributed by atoms with Crippen LogP contribution in [0.5, 0.6) is 0 Å². The average Bonchev–Trinajstić information content (AvgIpc) is 3.24. The molecule has 0 amide bonds. The average molecular weight is 480 g/mol. The Balaban J connectivity index is 1.50. The Bertz CT molecular complexity index is 1200. The van der Waals surface area contributed by atoms with E-state index in [0.717, 1.165) is 27.7 Å². The molecule has 1 aliphatic heterocycles. The Labute approximate surface area is 185 Å². The van der Waals surface area contributed by atoms with Crippen LogP contribution in [-0.4, -0.2) is 8.42 Å². The van der Waals surface area contributed by atoms with Gasteiger partial charge in [-0.25, -0.2) is 8.42 Å². The van der Waals surface area contributed by atoms with Gasteiger partial charge in [-0.05, 0) is 59.4 Å². The molecule has 30 heavy (non-hydrogen) atoms. The normalized spacial score (nSPS) is 22.2. The Kier molecular flexibility index (Phi) is 5.03.